The van der Waals surface area contributed by atoms with Crippen molar-refractivity contribution in [2.24, 2.45) is 0 Å². The molecular formula is C12H9F3N2O5S2. The number of halogens is 3. The minimum atomic E-state index is -5.88. The van der Waals surface area contributed by atoms with Gasteiger partial charge in [-0.2, -0.15) is 21.6 Å². The minimum Gasteiger partial charge on any atom is -0.461 e. The second-order valence-corrected chi connectivity index (χ2v) is 6.49. The fourth-order valence-electron chi connectivity index (χ4n) is 1.47. The van der Waals surface area contributed by atoms with Crippen molar-refractivity contribution in [2.75, 3.05) is 6.61 Å². The largest absolute Gasteiger partial charge is 0.534 e. The number of nitrogens with zero attached hydrogens (tertiary/aromatic N) is 2. The van der Waals surface area contributed by atoms with Crippen LogP contribution >= 0.6 is 11.3 Å². The molecule has 2 heterocycles. The number of thiazole rings is 1. The van der Waals surface area contributed by atoms with E-state index >= 15 is 0 Å². The van der Waals surface area contributed by atoms with Crippen molar-refractivity contribution in [1.82, 2.24) is 9.97 Å². The van der Waals surface area contributed by atoms with E-state index in [2.05, 4.69) is 14.2 Å². The summed E-state index contributed by atoms with van der Waals surface area (Å²) in [5, 5.41) is 1.38. The minimum absolute atomic E-state index is 0.0542. The van der Waals surface area contributed by atoms with E-state index in [-0.39, 0.29) is 22.9 Å². The molecule has 0 aliphatic carbocycles. The summed E-state index contributed by atoms with van der Waals surface area (Å²) < 4.78 is 68.4. The molecule has 24 heavy (non-hydrogen) atoms. The third-order valence-electron chi connectivity index (χ3n) is 2.46. The first-order valence-electron chi connectivity index (χ1n) is 6.24. The lowest BCUT2D eigenvalue weighted by atomic mass is 10.3. The van der Waals surface area contributed by atoms with Gasteiger partial charge < -0.3 is 8.92 Å². The van der Waals surface area contributed by atoms with Crippen LogP contribution in [0.4, 0.5) is 13.2 Å². The Hall–Kier alpha value is -2.21. The van der Waals surface area contributed by atoms with Crippen LogP contribution < -0.4 is 4.18 Å². The Balaban J connectivity index is 2.38. The van der Waals surface area contributed by atoms with E-state index in [1.54, 1.807) is 6.92 Å². The first kappa shape index (κ1) is 18.1. The van der Waals surface area contributed by atoms with E-state index in [4.69, 9.17) is 4.74 Å². The molecule has 0 saturated heterocycles. The molecule has 0 saturated carbocycles. The van der Waals surface area contributed by atoms with Crippen LogP contribution in [-0.2, 0) is 14.9 Å². The predicted molar refractivity (Wildman–Crippen MR) is 76.9 cm³/mol. The number of carbonyl (C=O) groups excluding carboxylic acids is 1. The summed E-state index contributed by atoms with van der Waals surface area (Å²) in [6.45, 7) is 1.72. The summed E-state index contributed by atoms with van der Waals surface area (Å²) in [5.41, 5.74) is -5.77. The maximum atomic E-state index is 12.4. The van der Waals surface area contributed by atoms with E-state index in [0.29, 0.717) is 0 Å². The van der Waals surface area contributed by atoms with Crippen LogP contribution in [-0.4, -0.2) is 36.5 Å². The quantitative estimate of drug-likeness (QED) is 0.446. The molecule has 0 unspecified atom stereocenters. The second kappa shape index (κ2) is 6.73. The van der Waals surface area contributed by atoms with Crippen molar-refractivity contribution >= 4 is 27.4 Å². The Kier molecular flexibility index (Phi) is 5.08. The number of carbonyl (C=O) groups is 1. The van der Waals surface area contributed by atoms with E-state index in [1.807, 2.05) is 0 Å². The van der Waals surface area contributed by atoms with Gasteiger partial charge in [0.15, 0.2) is 5.69 Å². The summed E-state index contributed by atoms with van der Waals surface area (Å²) in [5.74, 6) is -1.51. The lowest BCUT2D eigenvalue weighted by Crippen LogP contribution is -2.28. The molecule has 0 atom stereocenters. The highest BCUT2D eigenvalue weighted by Gasteiger charge is 2.49. The van der Waals surface area contributed by atoms with Crippen LogP contribution in [0.1, 0.15) is 17.4 Å². The SMILES string of the molecule is CCOC(=O)c1csc(-c2cccnc2OS(=O)(=O)C(F)(F)F)n1. The number of hydrogen-bond donors (Lipinski definition) is 0. The fourth-order valence-corrected chi connectivity index (χ4v) is 2.71. The summed E-state index contributed by atoms with van der Waals surface area (Å²) in [7, 11) is -5.88. The van der Waals surface area contributed by atoms with Gasteiger partial charge in [0.05, 0.1) is 12.2 Å². The fraction of sp³-hybridized carbons (Fsp3) is 0.250. The molecule has 0 fully saturated rings. The molecule has 2 rings (SSSR count). The highest BCUT2D eigenvalue weighted by atomic mass is 32.2. The van der Waals surface area contributed by atoms with E-state index in [9.17, 15) is 26.4 Å². The predicted octanol–water partition coefficient (Wildman–Crippen LogP) is 2.61. The van der Waals surface area contributed by atoms with Gasteiger partial charge in [0.1, 0.15) is 5.01 Å². The molecule has 0 aliphatic rings. The summed E-state index contributed by atoms with van der Waals surface area (Å²) >= 11 is 0.896. The molecule has 0 aliphatic heterocycles. The highest BCUT2D eigenvalue weighted by Crippen LogP contribution is 2.34. The first-order valence-corrected chi connectivity index (χ1v) is 8.53. The summed E-state index contributed by atoms with van der Waals surface area (Å²) in [4.78, 5) is 19.0. The van der Waals surface area contributed by atoms with Crippen molar-refractivity contribution in [3.05, 3.63) is 29.4 Å². The van der Waals surface area contributed by atoms with Crippen LogP contribution in [0.5, 0.6) is 5.88 Å². The van der Waals surface area contributed by atoms with Crippen LogP contribution in [0.15, 0.2) is 23.7 Å². The number of hydrogen-bond acceptors (Lipinski definition) is 8. The van der Waals surface area contributed by atoms with Crippen LogP contribution in [0.2, 0.25) is 0 Å². The van der Waals surface area contributed by atoms with Gasteiger partial charge in [-0.15, -0.1) is 11.3 Å². The second-order valence-electron chi connectivity index (χ2n) is 4.10. The molecule has 130 valence electrons. The Morgan fingerprint density at radius 1 is 1.38 bits per heavy atom. The van der Waals surface area contributed by atoms with Crippen molar-refractivity contribution in [3.8, 4) is 16.5 Å². The third kappa shape index (κ3) is 3.82. The monoisotopic (exact) mass is 382 g/mol. The first-order chi connectivity index (χ1) is 11.2. The summed E-state index contributed by atoms with van der Waals surface area (Å²) in [6.07, 6.45) is 1.06. The normalized spacial score (nSPS) is 12.0. The number of esters is 1. The number of alkyl halides is 3. The number of pyridine rings is 1. The Labute approximate surface area is 138 Å². The van der Waals surface area contributed by atoms with Crippen molar-refractivity contribution in [3.63, 3.8) is 0 Å². The van der Waals surface area contributed by atoms with Gasteiger partial charge in [0, 0.05) is 11.6 Å². The Bertz CT molecular complexity index is 848. The Morgan fingerprint density at radius 3 is 2.71 bits per heavy atom. The summed E-state index contributed by atoms with van der Waals surface area (Å²) in [6, 6.07) is 2.62. The van der Waals surface area contributed by atoms with E-state index in [1.165, 1.54) is 17.5 Å². The number of rotatable bonds is 5. The van der Waals surface area contributed by atoms with Gasteiger partial charge >= 0.3 is 21.6 Å². The average molecular weight is 382 g/mol. The van der Waals surface area contributed by atoms with Gasteiger partial charge in [-0.1, -0.05) is 0 Å². The maximum Gasteiger partial charge on any atom is 0.534 e. The Morgan fingerprint density at radius 2 is 2.08 bits per heavy atom. The lowest BCUT2D eigenvalue weighted by molar-refractivity contribution is -0.0501. The molecule has 12 heteroatoms. The van der Waals surface area contributed by atoms with Crippen LogP contribution in [0.3, 0.4) is 0 Å². The third-order valence-corrected chi connectivity index (χ3v) is 4.28. The highest BCUT2D eigenvalue weighted by molar-refractivity contribution is 7.88. The molecule has 7 nitrogen and oxygen atoms in total. The zero-order valence-electron chi connectivity index (χ0n) is 11.9. The van der Waals surface area contributed by atoms with Gasteiger partial charge in [-0.3, -0.25) is 0 Å². The van der Waals surface area contributed by atoms with E-state index < -0.39 is 27.5 Å². The molecular weight excluding hydrogens is 373 g/mol. The van der Waals surface area contributed by atoms with Gasteiger partial charge in [0.25, 0.3) is 0 Å². The zero-order chi connectivity index (χ0) is 18.0. The van der Waals surface area contributed by atoms with Crippen LogP contribution in [0.25, 0.3) is 10.6 Å². The molecule has 0 aromatic carbocycles. The smallest absolute Gasteiger partial charge is 0.461 e. The van der Waals surface area contributed by atoms with Gasteiger partial charge in [0.2, 0.25) is 5.88 Å². The molecule has 2 aromatic heterocycles. The molecule has 0 N–H and O–H groups in total. The van der Waals surface area contributed by atoms with Gasteiger partial charge in [-0.25, -0.2) is 14.8 Å². The lowest BCUT2D eigenvalue weighted by Gasteiger charge is -2.10. The zero-order valence-corrected chi connectivity index (χ0v) is 13.5. The number of aromatic nitrogens is 2. The van der Waals surface area contributed by atoms with Gasteiger partial charge in [-0.05, 0) is 19.1 Å². The topological polar surface area (TPSA) is 95.5 Å². The average Bonchev–Trinajstić information content (AvgIpc) is 2.96. The van der Waals surface area contributed by atoms with Crippen molar-refractivity contribution in [2.45, 2.75) is 12.4 Å². The standard InChI is InChI=1S/C12H9F3N2O5S2/c1-2-21-11(18)8-6-23-10(17-8)7-4-3-5-16-9(7)22-24(19,20)12(13,14)15/h3-6H,2H2,1H3. The molecule has 0 bridgehead atoms. The molecule has 2 aromatic rings. The molecule has 0 spiro atoms. The maximum absolute atomic E-state index is 12.4. The van der Waals surface area contributed by atoms with Crippen molar-refractivity contribution in [1.29, 1.82) is 0 Å². The number of ether oxygens (including phenoxy) is 1. The molecule has 0 radical (unpaired) electrons. The van der Waals surface area contributed by atoms with E-state index in [0.717, 1.165) is 17.5 Å². The van der Waals surface area contributed by atoms with Crippen molar-refractivity contribution < 1.29 is 35.3 Å². The molecule has 0 amide bonds. The van der Waals surface area contributed by atoms with Crippen LogP contribution in [0, 0.1) is 0 Å².